The molecule has 3 aromatic carbocycles. The van der Waals surface area contributed by atoms with Crippen LogP contribution in [0.4, 0.5) is 0 Å². The van der Waals surface area contributed by atoms with Gasteiger partial charge < -0.3 is 24.4 Å². The fraction of sp³-hybridized carbons (Fsp3) is 0.259. The summed E-state index contributed by atoms with van der Waals surface area (Å²) in [6.07, 6.45) is 0.615. The number of hydrogen-bond donors (Lipinski definition) is 1. The second kappa shape index (κ2) is 10.3. The fourth-order valence-corrected chi connectivity index (χ4v) is 4.25. The molecule has 0 fully saturated rings. The molecule has 2 amide bonds. The Bertz CT molecular complexity index is 1190. The minimum atomic E-state index is -0.694. The van der Waals surface area contributed by atoms with Gasteiger partial charge in [-0.15, -0.1) is 0 Å². The summed E-state index contributed by atoms with van der Waals surface area (Å²) in [6.45, 7) is 0.729. The third-order valence-corrected chi connectivity index (χ3v) is 5.95. The molecule has 0 saturated heterocycles. The number of fused-ring (bicyclic) bond motifs is 1. The first-order valence-electron chi connectivity index (χ1n) is 11.1. The highest BCUT2D eigenvalue weighted by molar-refractivity contribution is 6.04. The van der Waals surface area contributed by atoms with E-state index in [2.05, 4.69) is 5.32 Å². The van der Waals surface area contributed by atoms with Crippen molar-refractivity contribution in [3.05, 3.63) is 89.0 Å². The largest absolute Gasteiger partial charge is 0.497 e. The summed E-state index contributed by atoms with van der Waals surface area (Å²) in [7, 11) is 4.79. The van der Waals surface area contributed by atoms with Gasteiger partial charge in [-0.05, 0) is 53.4 Å². The number of methoxy groups -OCH3 is 3. The zero-order valence-corrected chi connectivity index (χ0v) is 19.5. The van der Waals surface area contributed by atoms with E-state index in [1.807, 2.05) is 60.7 Å². The smallest absolute Gasteiger partial charge is 0.255 e. The minimum absolute atomic E-state index is 0.154. The number of ether oxygens (including phenoxy) is 3. The average molecular weight is 461 g/mol. The van der Waals surface area contributed by atoms with E-state index < -0.39 is 6.04 Å². The molecule has 0 aromatic heterocycles. The van der Waals surface area contributed by atoms with Crippen LogP contribution in [0.2, 0.25) is 0 Å². The molecule has 0 bridgehead atoms. The molecule has 4 rings (SSSR count). The molecule has 1 N–H and O–H groups in total. The molecular formula is C27H28N2O5. The first-order chi connectivity index (χ1) is 16.5. The summed E-state index contributed by atoms with van der Waals surface area (Å²) in [5, 5.41) is 3.01. The Balaban J connectivity index is 1.50. The van der Waals surface area contributed by atoms with Crippen molar-refractivity contribution in [3.63, 3.8) is 0 Å². The number of amides is 2. The molecular weight excluding hydrogens is 432 g/mol. The monoisotopic (exact) mass is 460 g/mol. The predicted octanol–water partition coefficient (Wildman–Crippen LogP) is 3.77. The van der Waals surface area contributed by atoms with Gasteiger partial charge in [0.15, 0.2) is 11.5 Å². The molecule has 176 valence electrons. The van der Waals surface area contributed by atoms with Crippen LogP contribution in [-0.2, 0) is 17.8 Å². The van der Waals surface area contributed by atoms with Crippen LogP contribution in [0, 0.1) is 0 Å². The van der Waals surface area contributed by atoms with Gasteiger partial charge in [0, 0.05) is 18.7 Å². The lowest BCUT2D eigenvalue weighted by atomic mass is 10.0. The number of nitrogens with one attached hydrogen (secondary N) is 1. The normalized spacial score (nSPS) is 14.5. The number of nitrogens with zero attached hydrogens (tertiary/aromatic N) is 1. The molecule has 1 unspecified atom stereocenters. The zero-order chi connectivity index (χ0) is 24.1. The lowest BCUT2D eigenvalue weighted by molar-refractivity contribution is -0.125. The molecule has 1 heterocycles. The summed E-state index contributed by atoms with van der Waals surface area (Å²) in [4.78, 5) is 28.1. The quantitative estimate of drug-likeness (QED) is 0.526. The SMILES string of the molecule is COc1cccc(CN2C(=O)c3ccccc3C2C(=O)NCCc2ccc(OC)c(OC)c2)c1. The van der Waals surface area contributed by atoms with Crippen LogP contribution in [0.15, 0.2) is 66.7 Å². The van der Waals surface area contributed by atoms with Gasteiger partial charge in [-0.25, -0.2) is 0 Å². The van der Waals surface area contributed by atoms with Crippen LogP contribution in [0.3, 0.4) is 0 Å². The Labute approximate surface area is 199 Å². The summed E-state index contributed by atoms with van der Waals surface area (Å²) in [5.41, 5.74) is 3.18. The van der Waals surface area contributed by atoms with Crippen molar-refractivity contribution < 1.29 is 23.8 Å². The number of benzene rings is 3. The van der Waals surface area contributed by atoms with E-state index in [1.54, 1.807) is 32.3 Å². The van der Waals surface area contributed by atoms with E-state index in [4.69, 9.17) is 14.2 Å². The number of hydrogen-bond acceptors (Lipinski definition) is 5. The number of carbonyl (C=O) groups excluding carboxylic acids is 2. The van der Waals surface area contributed by atoms with Gasteiger partial charge >= 0.3 is 0 Å². The standard InChI is InChI=1S/C27H28N2O5/c1-32-20-8-6-7-19(15-20)17-29-25(21-9-4-5-10-22(21)27(29)31)26(30)28-14-13-18-11-12-23(33-2)24(16-18)34-3/h4-12,15-16,25H,13-14,17H2,1-3H3,(H,28,30). The zero-order valence-electron chi connectivity index (χ0n) is 19.5. The fourth-order valence-electron chi connectivity index (χ4n) is 4.25. The van der Waals surface area contributed by atoms with Crippen LogP contribution in [0.5, 0.6) is 17.2 Å². The first kappa shape index (κ1) is 23.2. The topological polar surface area (TPSA) is 77.1 Å². The van der Waals surface area contributed by atoms with E-state index in [9.17, 15) is 9.59 Å². The molecule has 1 aliphatic heterocycles. The van der Waals surface area contributed by atoms with Crippen LogP contribution >= 0.6 is 0 Å². The highest BCUT2D eigenvalue weighted by Crippen LogP contribution is 2.35. The highest BCUT2D eigenvalue weighted by Gasteiger charge is 2.40. The molecule has 1 atom stereocenters. The maximum atomic E-state index is 13.3. The van der Waals surface area contributed by atoms with Crippen LogP contribution in [-0.4, -0.2) is 44.6 Å². The van der Waals surface area contributed by atoms with Crippen molar-refractivity contribution in [1.29, 1.82) is 0 Å². The van der Waals surface area contributed by atoms with Gasteiger partial charge in [0.1, 0.15) is 11.8 Å². The van der Waals surface area contributed by atoms with E-state index in [-0.39, 0.29) is 11.8 Å². The third kappa shape index (κ3) is 4.69. The molecule has 3 aromatic rings. The maximum Gasteiger partial charge on any atom is 0.255 e. The highest BCUT2D eigenvalue weighted by atomic mass is 16.5. The predicted molar refractivity (Wildman–Crippen MR) is 128 cm³/mol. The van der Waals surface area contributed by atoms with E-state index in [1.165, 1.54) is 0 Å². The van der Waals surface area contributed by atoms with Gasteiger partial charge in [0.2, 0.25) is 5.91 Å². The summed E-state index contributed by atoms with van der Waals surface area (Å²) < 4.78 is 15.9. The first-order valence-corrected chi connectivity index (χ1v) is 11.1. The van der Waals surface area contributed by atoms with Crippen molar-refractivity contribution >= 4 is 11.8 Å². The van der Waals surface area contributed by atoms with Crippen molar-refractivity contribution in [1.82, 2.24) is 10.2 Å². The Kier molecular flexibility index (Phi) is 7.01. The molecule has 0 radical (unpaired) electrons. The van der Waals surface area contributed by atoms with Crippen LogP contribution in [0.25, 0.3) is 0 Å². The van der Waals surface area contributed by atoms with Gasteiger partial charge in [-0.2, -0.15) is 0 Å². The van der Waals surface area contributed by atoms with Gasteiger partial charge in [-0.3, -0.25) is 9.59 Å². The number of rotatable bonds is 9. The second-order valence-electron chi connectivity index (χ2n) is 8.00. The number of carbonyl (C=O) groups is 2. The summed E-state index contributed by atoms with van der Waals surface area (Å²) >= 11 is 0. The van der Waals surface area contributed by atoms with Gasteiger partial charge in [-0.1, -0.05) is 36.4 Å². The molecule has 1 aliphatic rings. The van der Waals surface area contributed by atoms with Crippen molar-refractivity contribution in [3.8, 4) is 17.2 Å². The van der Waals surface area contributed by atoms with E-state index >= 15 is 0 Å². The van der Waals surface area contributed by atoms with Crippen LogP contribution < -0.4 is 19.5 Å². The lowest BCUT2D eigenvalue weighted by Gasteiger charge is -2.25. The maximum absolute atomic E-state index is 13.3. The average Bonchev–Trinajstić information content (AvgIpc) is 3.15. The Morgan fingerprint density at radius 3 is 2.44 bits per heavy atom. The lowest BCUT2D eigenvalue weighted by Crippen LogP contribution is -2.39. The van der Waals surface area contributed by atoms with Gasteiger partial charge in [0.25, 0.3) is 5.91 Å². The summed E-state index contributed by atoms with van der Waals surface area (Å²) in [5.74, 6) is 1.65. The van der Waals surface area contributed by atoms with E-state index in [0.29, 0.717) is 42.3 Å². The minimum Gasteiger partial charge on any atom is -0.497 e. The van der Waals surface area contributed by atoms with Crippen molar-refractivity contribution in [2.24, 2.45) is 0 Å². The molecule has 34 heavy (non-hydrogen) atoms. The Morgan fingerprint density at radius 1 is 0.882 bits per heavy atom. The molecule has 7 heteroatoms. The molecule has 0 spiro atoms. The Hall–Kier alpha value is -4.00. The van der Waals surface area contributed by atoms with Crippen molar-refractivity contribution in [2.75, 3.05) is 27.9 Å². The van der Waals surface area contributed by atoms with Gasteiger partial charge in [0.05, 0.1) is 21.3 Å². The van der Waals surface area contributed by atoms with E-state index in [0.717, 1.165) is 16.7 Å². The molecule has 7 nitrogen and oxygen atoms in total. The van der Waals surface area contributed by atoms with Crippen molar-refractivity contribution in [2.45, 2.75) is 19.0 Å². The molecule has 0 saturated carbocycles. The second-order valence-corrected chi connectivity index (χ2v) is 8.00. The third-order valence-electron chi connectivity index (χ3n) is 5.95. The van der Waals surface area contributed by atoms with Crippen LogP contribution in [0.1, 0.15) is 33.1 Å². The Morgan fingerprint density at radius 2 is 1.68 bits per heavy atom. The summed E-state index contributed by atoms with van der Waals surface area (Å²) in [6, 6.07) is 19.8. The molecule has 0 aliphatic carbocycles.